The quantitative estimate of drug-likeness (QED) is 0.146. The molecule has 4 atom stereocenters. The van der Waals surface area contributed by atoms with Gasteiger partial charge in [0.05, 0.1) is 12.5 Å². The van der Waals surface area contributed by atoms with Crippen LogP contribution in [0.25, 0.3) is 0 Å². The van der Waals surface area contributed by atoms with E-state index in [0.717, 1.165) is 0 Å². The molecule has 0 heterocycles. The van der Waals surface area contributed by atoms with Crippen LogP contribution >= 0.6 is 0 Å². The van der Waals surface area contributed by atoms with Crippen molar-refractivity contribution in [2.24, 2.45) is 17.4 Å². The predicted molar refractivity (Wildman–Crippen MR) is 112 cm³/mol. The topological polar surface area (TPSA) is 214 Å². The zero-order valence-corrected chi connectivity index (χ0v) is 18.2. The highest BCUT2D eigenvalue weighted by Crippen LogP contribution is 2.06. The van der Waals surface area contributed by atoms with E-state index in [2.05, 4.69) is 16.0 Å². The van der Waals surface area contributed by atoms with Gasteiger partial charge in [-0.05, 0) is 45.1 Å². The van der Waals surface area contributed by atoms with Crippen molar-refractivity contribution in [1.29, 1.82) is 0 Å². The van der Waals surface area contributed by atoms with Gasteiger partial charge in [-0.1, -0.05) is 13.8 Å². The maximum absolute atomic E-state index is 12.6. The molecule has 0 rings (SSSR count). The Balaban J connectivity index is 5.08. The minimum atomic E-state index is -1.34. The summed E-state index contributed by atoms with van der Waals surface area (Å²) in [4.78, 5) is 59.1. The number of carboxylic acid groups (broad SMARTS) is 2. The Morgan fingerprint density at radius 3 is 1.90 bits per heavy atom. The van der Waals surface area contributed by atoms with Crippen LogP contribution in [0.4, 0.5) is 0 Å². The number of aliphatic carboxylic acids is 2. The monoisotopic (exact) mass is 445 g/mol. The Bertz CT molecular complexity index is 641. The summed E-state index contributed by atoms with van der Waals surface area (Å²) in [7, 11) is 0. The molecule has 0 aromatic heterocycles. The van der Waals surface area contributed by atoms with Gasteiger partial charge in [-0.2, -0.15) is 0 Å². The van der Waals surface area contributed by atoms with Crippen LogP contribution in [0.1, 0.15) is 52.9 Å². The van der Waals surface area contributed by atoms with Crippen molar-refractivity contribution in [3.63, 3.8) is 0 Å². The molecule has 9 N–H and O–H groups in total. The number of amides is 3. The van der Waals surface area contributed by atoms with E-state index in [0.29, 0.717) is 19.4 Å². The van der Waals surface area contributed by atoms with E-state index in [-0.39, 0.29) is 18.8 Å². The second-order valence-corrected chi connectivity index (χ2v) is 7.81. The first-order valence-corrected chi connectivity index (χ1v) is 10.2. The van der Waals surface area contributed by atoms with Gasteiger partial charge in [0.25, 0.3) is 0 Å². The molecule has 0 aliphatic heterocycles. The molecule has 3 amide bonds. The van der Waals surface area contributed by atoms with Crippen molar-refractivity contribution < 1.29 is 34.2 Å². The Hall–Kier alpha value is -2.73. The first-order chi connectivity index (χ1) is 14.4. The van der Waals surface area contributed by atoms with E-state index >= 15 is 0 Å². The van der Waals surface area contributed by atoms with E-state index in [4.69, 9.17) is 16.6 Å². The van der Waals surface area contributed by atoms with Crippen LogP contribution in [0, 0.1) is 5.92 Å². The van der Waals surface area contributed by atoms with Gasteiger partial charge in [-0.15, -0.1) is 0 Å². The van der Waals surface area contributed by atoms with Crippen molar-refractivity contribution >= 4 is 29.7 Å². The molecular weight excluding hydrogens is 410 g/mol. The highest BCUT2D eigenvalue weighted by Gasteiger charge is 2.28. The van der Waals surface area contributed by atoms with Crippen molar-refractivity contribution in [1.82, 2.24) is 16.0 Å². The van der Waals surface area contributed by atoms with Crippen LogP contribution in [0.15, 0.2) is 0 Å². The summed E-state index contributed by atoms with van der Waals surface area (Å²) >= 11 is 0. The molecule has 12 heteroatoms. The Kier molecular flexibility index (Phi) is 13.0. The fourth-order valence-corrected chi connectivity index (χ4v) is 2.69. The summed E-state index contributed by atoms with van der Waals surface area (Å²) < 4.78 is 0. The maximum atomic E-state index is 12.6. The Morgan fingerprint density at radius 1 is 0.839 bits per heavy atom. The van der Waals surface area contributed by atoms with Crippen LogP contribution in [0.2, 0.25) is 0 Å². The van der Waals surface area contributed by atoms with E-state index in [1.165, 1.54) is 6.92 Å². The summed E-state index contributed by atoms with van der Waals surface area (Å²) in [5, 5.41) is 25.2. The highest BCUT2D eigenvalue weighted by atomic mass is 16.4. The van der Waals surface area contributed by atoms with Crippen molar-refractivity contribution in [3.8, 4) is 0 Å². The molecule has 0 aromatic rings. The standard InChI is InChI=1S/C19H35N5O7/c1-10(2)8-14(19(30)31)24-16(27)11(3)22-18(29)13(6-4-5-7-20)23-17(28)12(21)9-15(25)26/h10-14H,4-9,20-21H2,1-3H3,(H,22,29)(H,23,28)(H,24,27)(H,25,26)(H,30,31)/t11-,12-,13-,14-/m0/s1. The first-order valence-electron chi connectivity index (χ1n) is 10.2. The summed E-state index contributed by atoms with van der Waals surface area (Å²) in [6, 6.07) is -4.56. The van der Waals surface area contributed by atoms with Crippen molar-refractivity contribution in [3.05, 3.63) is 0 Å². The lowest BCUT2D eigenvalue weighted by Gasteiger charge is -2.23. The van der Waals surface area contributed by atoms with Crippen LogP contribution in [-0.2, 0) is 24.0 Å². The van der Waals surface area contributed by atoms with Crippen molar-refractivity contribution in [2.75, 3.05) is 6.54 Å². The number of carbonyl (C=O) groups is 5. The lowest BCUT2D eigenvalue weighted by Crippen LogP contribution is -2.56. The van der Waals surface area contributed by atoms with Crippen LogP contribution in [0.3, 0.4) is 0 Å². The minimum Gasteiger partial charge on any atom is -0.481 e. The molecule has 0 aromatic carbocycles. The Labute approximate surface area is 181 Å². The SMILES string of the molecule is CC(C)C[C@H](NC(=O)[C@H](C)NC(=O)[C@H](CCCCN)NC(=O)[C@@H](N)CC(=O)O)C(=O)O. The maximum Gasteiger partial charge on any atom is 0.326 e. The van der Waals surface area contributed by atoms with Gasteiger partial charge in [-0.25, -0.2) is 4.79 Å². The zero-order chi connectivity index (χ0) is 24.1. The van der Waals surface area contributed by atoms with Gasteiger partial charge < -0.3 is 37.6 Å². The van der Waals surface area contributed by atoms with E-state index in [1.54, 1.807) is 0 Å². The summed E-state index contributed by atoms with van der Waals surface area (Å²) in [5.41, 5.74) is 11.0. The van der Waals surface area contributed by atoms with Crippen molar-refractivity contribution in [2.45, 2.75) is 77.0 Å². The number of hydrogen-bond donors (Lipinski definition) is 7. The second-order valence-electron chi connectivity index (χ2n) is 7.81. The molecular formula is C19H35N5O7. The largest absolute Gasteiger partial charge is 0.481 e. The third-order valence-corrected chi connectivity index (χ3v) is 4.38. The fourth-order valence-electron chi connectivity index (χ4n) is 2.69. The second kappa shape index (κ2) is 14.3. The van der Waals surface area contributed by atoms with Gasteiger partial charge >= 0.3 is 11.9 Å². The summed E-state index contributed by atoms with van der Waals surface area (Å²) in [6.45, 7) is 5.40. The summed E-state index contributed by atoms with van der Waals surface area (Å²) in [6.07, 6.45) is 0.911. The molecule has 178 valence electrons. The lowest BCUT2D eigenvalue weighted by atomic mass is 10.0. The third-order valence-electron chi connectivity index (χ3n) is 4.38. The van der Waals surface area contributed by atoms with Crippen LogP contribution in [-0.4, -0.2) is 70.6 Å². The molecule has 0 saturated heterocycles. The van der Waals surface area contributed by atoms with E-state index < -0.39 is 60.2 Å². The van der Waals surface area contributed by atoms with Gasteiger partial charge in [0.2, 0.25) is 17.7 Å². The van der Waals surface area contributed by atoms with Gasteiger partial charge in [0, 0.05) is 0 Å². The minimum absolute atomic E-state index is 0.0310. The number of carbonyl (C=O) groups excluding carboxylic acids is 3. The average Bonchev–Trinajstić information content (AvgIpc) is 2.65. The molecule has 0 spiro atoms. The molecule has 0 aliphatic carbocycles. The first kappa shape index (κ1) is 28.3. The smallest absolute Gasteiger partial charge is 0.326 e. The van der Waals surface area contributed by atoms with E-state index in [9.17, 15) is 29.1 Å². The molecule has 0 saturated carbocycles. The predicted octanol–water partition coefficient (Wildman–Crippen LogP) is -1.48. The number of hydrogen-bond acceptors (Lipinski definition) is 7. The number of carboxylic acids is 2. The number of nitrogens with two attached hydrogens (primary N) is 2. The van der Waals surface area contributed by atoms with Gasteiger partial charge in [0.15, 0.2) is 0 Å². The number of unbranched alkanes of at least 4 members (excludes halogenated alkanes) is 1. The molecule has 0 radical (unpaired) electrons. The third kappa shape index (κ3) is 11.9. The fraction of sp³-hybridized carbons (Fsp3) is 0.737. The summed E-state index contributed by atoms with van der Waals surface area (Å²) in [5.74, 6) is -4.58. The van der Waals surface area contributed by atoms with Gasteiger partial charge in [0.1, 0.15) is 18.1 Å². The highest BCUT2D eigenvalue weighted by molar-refractivity contribution is 5.94. The Morgan fingerprint density at radius 2 is 1.42 bits per heavy atom. The molecule has 0 aliphatic rings. The molecule has 0 unspecified atom stereocenters. The lowest BCUT2D eigenvalue weighted by molar-refractivity contribution is -0.142. The molecule has 12 nitrogen and oxygen atoms in total. The molecule has 0 bridgehead atoms. The molecule has 0 fully saturated rings. The number of nitrogens with one attached hydrogen (secondary N) is 3. The average molecular weight is 446 g/mol. The molecule has 31 heavy (non-hydrogen) atoms. The van der Waals surface area contributed by atoms with Crippen LogP contribution < -0.4 is 27.4 Å². The number of rotatable bonds is 15. The van der Waals surface area contributed by atoms with E-state index in [1.807, 2.05) is 13.8 Å². The zero-order valence-electron chi connectivity index (χ0n) is 18.2. The van der Waals surface area contributed by atoms with Gasteiger partial charge in [-0.3, -0.25) is 19.2 Å². The normalized spacial score (nSPS) is 14.8. The van der Waals surface area contributed by atoms with Crippen LogP contribution in [0.5, 0.6) is 0 Å².